The number of aromatic nitrogens is 3. The van der Waals surface area contributed by atoms with Crippen LogP contribution in [0.1, 0.15) is 12.2 Å². The highest BCUT2D eigenvalue weighted by Crippen LogP contribution is 2.21. The van der Waals surface area contributed by atoms with Gasteiger partial charge in [-0.05, 0) is 25.5 Å². The topological polar surface area (TPSA) is 64.3 Å². The highest BCUT2D eigenvalue weighted by Gasteiger charge is 2.17. The molecule has 0 spiro atoms. The lowest BCUT2D eigenvalue weighted by atomic mass is 10.3. The van der Waals surface area contributed by atoms with Gasteiger partial charge in [0.25, 0.3) is 5.95 Å². The molecular formula is C11H12N4O2. The Bertz CT molecular complexity index is 520. The van der Waals surface area contributed by atoms with E-state index in [4.69, 9.17) is 9.25 Å². The highest BCUT2D eigenvalue weighted by molar-refractivity contribution is 5.52. The first-order valence-corrected chi connectivity index (χ1v) is 5.50. The molecule has 1 aliphatic heterocycles. The van der Waals surface area contributed by atoms with E-state index in [-0.39, 0.29) is 0 Å². The molecule has 0 aliphatic carbocycles. The lowest BCUT2D eigenvalue weighted by Crippen LogP contribution is -2.19. The standard InChI is InChI=1S/C11H12N4O2/c1-8-3-4-10(17-8)9-7-12-14-11(13-9)15-5-2-6-16-15/h3-4,7H,2,5-6H2,1H3. The first-order chi connectivity index (χ1) is 8.33. The number of hydroxylamine groups is 1. The van der Waals surface area contributed by atoms with Crippen LogP contribution in [0, 0.1) is 6.92 Å². The zero-order valence-corrected chi connectivity index (χ0v) is 9.46. The molecule has 3 rings (SSSR count). The van der Waals surface area contributed by atoms with Gasteiger partial charge in [0.1, 0.15) is 11.5 Å². The third kappa shape index (κ3) is 1.99. The average Bonchev–Trinajstić information content (AvgIpc) is 3.00. The molecule has 6 heteroatoms. The Morgan fingerprint density at radius 1 is 1.35 bits per heavy atom. The van der Waals surface area contributed by atoms with Crippen molar-refractivity contribution in [3.05, 3.63) is 24.1 Å². The molecule has 3 heterocycles. The maximum absolute atomic E-state index is 5.50. The quantitative estimate of drug-likeness (QED) is 0.783. The number of furan rings is 1. The molecule has 0 unspecified atom stereocenters. The minimum Gasteiger partial charge on any atom is -0.460 e. The summed E-state index contributed by atoms with van der Waals surface area (Å²) in [5.41, 5.74) is 0.665. The fourth-order valence-electron chi connectivity index (χ4n) is 1.70. The molecule has 2 aromatic heterocycles. The zero-order valence-electron chi connectivity index (χ0n) is 9.46. The van der Waals surface area contributed by atoms with Crippen molar-refractivity contribution in [2.75, 3.05) is 18.2 Å². The second-order valence-electron chi connectivity index (χ2n) is 3.84. The Morgan fingerprint density at radius 2 is 2.29 bits per heavy atom. The molecule has 2 aromatic rings. The lowest BCUT2D eigenvalue weighted by Gasteiger charge is -2.12. The van der Waals surface area contributed by atoms with Crippen LogP contribution in [0.4, 0.5) is 5.95 Å². The summed E-state index contributed by atoms with van der Waals surface area (Å²) in [4.78, 5) is 9.74. The third-order valence-corrected chi connectivity index (χ3v) is 2.52. The van der Waals surface area contributed by atoms with Crippen LogP contribution < -0.4 is 5.06 Å². The van der Waals surface area contributed by atoms with Crippen molar-refractivity contribution in [1.82, 2.24) is 15.2 Å². The number of nitrogens with zero attached hydrogens (tertiary/aromatic N) is 4. The second-order valence-corrected chi connectivity index (χ2v) is 3.84. The van der Waals surface area contributed by atoms with Crippen molar-refractivity contribution in [3.63, 3.8) is 0 Å². The van der Waals surface area contributed by atoms with E-state index >= 15 is 0 Å². The fourth-order valence-corrected chi connectivity index (χ4v) is 1.70. The van der Waals surface area contributed by atoms with Gasteiger partial charge < -0.3 is 4.42 Å². The van der Waals surface area contributed by atoms with E-state index in [2.05, 4.69) is 15.2 Å². The Kier molecular flexibility index (Phi) is 2.49. The molecule has 1 aliphatic rings. The summed E-state index contributed by atoms with van der Waals surface area (Å²) < 4.78 is 5.50. The lowest BCUT2D eigenvalue weighted by molar-refractivity contribution is 0.163. The van der Waals surface area contributed by atoms with Crippen molar-refractivity contribution in [1.29, 1.82) is 0 Å². The van der Waals surface area contributed by atoms with Crippen LogP contribution in [0.2, 0.25) is 0 Å². The first kappa shape index (κ1) is 10.2. The summed E-state index contributed by atoms with van der Waals surface area (Å²) in [5.74, 6) is 2.02. The number of anilines is 1. The summed E-state index contributed by atoms with van der Waals surface area (Å²) >= 11 is 0. The number of hydrogen-bond acceptors (Lipinski definition) is 6. The molecule has 0 bridgehead atoms. The molecule has 6 nitrogen and oxygen atoms in total. The van der Waals surface area contributed by atoms with Gasteiger partial charge in [-0.15, -0.1) is 5.10 Å². The minimum atomic E-state index is 0.481. The Morgan fingerprint density at radius 3 is 3.00 bits per heavy atom. The van der Waals surface area contributed by atoms with E-state index in [1.54, 1.807) is 11.3 Å². The smallest absolute Gasteiger partial charge is 0.270 e. The van der Waals surface area contributed by atoms with Crippen molar-refractivity contribution < 1.29 is 9.25 Å². The average molecular weight is 232 g/mol. The predicted octanol–water partition coefficient (Wildman–Crippen LogP) is 1.58. The molecule has 1 fully saturated rings. The molecular weight excluding hydrogens is 220 g/mol. The molecule has 0 radical (unpaired) electrons. The predicted molar refractivity (Wildman–Crippen MR) is 60.2 cm³/mol. The van der Waals surface area contributed by atoms with Gasteiger partial charge in [0.05, 0.1) is 19.3 Å². The molecule has 0 saturated carbocycles. The van der Waals surface area contributed by atoms with Gasteiger partial charge in [-0.1, -0.05) is 0 Å². The first-order valence-electron chi connectivity index (χ1n) is 5.50. The van der Waals surface area contributed by atoms with Gasteiger partial charge in [-0.3, -0.25) is 4.84 Å². The van der Waals surface area contributed by atoms with E-state index in [1.807, 2.05) is 19.1 Å². The Balaban J connectivity index is 1.93. The van der Waals surface area contributed by atoms with Gasteiger partial charge in [0, 0.05) is 0 Å². The van der Waals surface area contributed by atoms with Crippen LogP contribution in [0.5, 0.6) is 0 Å². The largest absolute Gasteiger partial charge is 0.460 e. The molecule has 0 aromatic carbocycles. The maximum Gasteiger partial charge on any atom is 0.270 e. The molecule has 88 valence electrons. The van der Waals surface area contributed by atoms with Crippen LogP contribution in [0.25, 0.3) is 11.5 Å². The third-order valence-electron chi connectivity index (χ3n) is 2.52. The number of rotatable bonds is 2. The van der Waals surface area contributed by atoms with Crippen LogP contribution in [0.3, 0.4) is 0 Å². The summed E-state index contributed by atoms with van der Waals surface area (Å²) in [6.07, 6.45) is 2.56. The zero-order chi connectivity index (χ0) is 11.7. The van der Waals surface area contributed by atoms with Crippen molar-refractivity contribution in [3.8, 4) is 11.5 Å². The van der Waals surface area contributed by atoms with Gasteiger partial charge in [-0.25, -0.2) is 10.0 Å². The van der Waals surface area contributed by atoms with Gasteiger partial charge in [0.15, 0.2) is 5.76 Å². The summed E-state index contributed by atoms with van der Waals surface area (Å²) in [6.45, 7) is 3.39. The van der Waals surface area contributed by atoms with Gasteiger partial charge >= 0.3 is 0 Å². The Labute approximate surface area is 98.2 Å². The SMILES string of the molecule is Cc1ccc(-c2cnnc(N3CCCO3)n2)o1. The molecule has 1 saturated heterocycles. The van der Waals surface area contributed by atoms with E-state index in [0.717, 1.165) is 18.7 Å². The molecule has 0 atom stereocenters. The summed E-state index contributed by atoms with van der Waals surface area (Å²) in [5, 5.41) is 9.53. The van der Waals surface area contributed by atoms with Crippen LogP contribution >= 0.6 is 0 Å². The number of aryl methyl sites for hydroxylation is 1. The second kappa shape index (κ2) is 4.14. The van der Waals surface area contributed by atoms with E-state index in [1.165, 1.54) is 0 Å². The van der Waals surface area contributed by atoms with Crippen molar-refractivity contribution in [2.45, 2.75) is 13.3 Å². The monoisotopic (exact) mass is 232 g/mol. The van der Waals surface area contributed by atoms with Crippen LogP contribution in [0.15, 0.2) is 22.7 Å². The van der Waals surface area contributed by atoms with Gasteiger partial charge in [0.2, 0.25) is 0 Å². The minimum absolute atomic E-state index is 0.481. The van der Waals surface area contributed by atoms with Crippen LogP contribution in [-0.4, -0.2) is 28.3 Å². The fraction of sp³-hybridized carbons (Fsp3) is 0.364. The molecule has 17 heavy (non-hydrogen) atoms. The number of hydrogen-bond donors (Lipinski definition) is 0. The van der Waals surface area contributed by atoms with E-state index in [9.17, 15) is 0 Å². The van der Waals surface area contributed by atoms with Crippen molar-refractivity contribution in [2.24, 2.45) is 0 Å². The molecule has 0 N–H and O–H groups in total. The normalized spacial score (nSPS) is 15.5. The van der Waals surface area contributed by atoms with Gasteiger partial charge in [-0.2, -0.15) is 5.10 Å². The van der Waals surface area contributed by atoms with Crippen LogP contribution in [-0.2, 0) is 4.84 Å². The van der Waals surface area contributed by atoms with Crippen molar-refractivity contribution >= 4 is 5.95 Å². The van der Waals surface area contributed by atoms with E-state index in [0.29, 0.717) is 24.0 Å². The maximum atomic E-state index is 5.50. The molecule has 0 amide bonds. The summed E-state index contributed by atoms with van der Waals surface area (Å²) in [7, 11) is 0. The highest BCUT2D eigenvalue weighted by atomic mass is 16.7. The Hall–Kier alpha value is -1.95. The van der Waals surface area contributed by atoms with E-state index < -0.39 is 0 Å². The summed E-state index contributed by atoms with van der Waals surface area (Å²) in [6, 6.07) is 3.76.